The van der Waals surface area contributed by atoms with Gasteiger partial charge in [-0.25, -0.2) is 14.2 Å². The summed E-state index contributed by atoms with van der Waals surface area (Å²) in [5.74, 6) is 0.254. The van der Waals surface area contributed by atoms with Crippen molar-refractivity contribution in [3.63, 3.8) is 0 Å². The van der Waals surface area contributed by atoms with E-state index >= 15 is 0 Å². The van der Waals surface area contributed by atoms with Crippen LogP contribution in [0.25, 0.3) is 6.08 Å². The molecule has 1 heterocycles. The summed E-state index contributed by atoms with van der Waals surface area (Å²) in [6.07, 6.45) is 1.61. The van der Waals surface area contributed by atoms with E-state index in [0.29, 0.717) is 35.8 Å². The molecule has 3 aromatic rings. The number of nitrogens with zero attached hydrogens (tertiary/aromatic N) is 1. The second-order valence-electron chi connectivity index (χ2n) is 6.99. The third-order valence-electron chi connectivity index (χ3n) is 4.66. The average molecular weight is 669 g/mol. The van der Waals surface area contributed by atoms with Gasteiger partial charge in [0.1, 0.15) is 12.4 Å². The van der Waals surface area contributed by atoms with Gasteiger partial charge in [-0.3, -0.25) is 0 Å². The van der Waals surface area contributed by atoms with E-state index in [9.17, 15) is 9.18 Å². The van der Waals surface area contributed by atoms with Gasteiger partial charge >= 0.3 is 5.97 Å². The van der Waals surface area contributed by atoms with Crippen molar-refractivity contribution in [2.24, 2.45) is 4.99 Å². The molecule has 0 saturated carbocycles. The maximum Gasteiger partial charge on any atom is 0.363 e. The van der Waals surface area contributed by atoms with E-state index in [1.807, 2.05) is 37.3 Å². The summed E-state index contributed by atoms with van der Waals surface area (Å²) in [5.41, 5.74) is 2.31. The fourth-order valence-corrected chi connectivity index (χ4v) is 4.48. The molecule has 4 rings (SSSR count). The zero-order valence-electron chi connectivity index (χ0n) is 17.5. The molecule has 0 bridgehead atoms. The molecule has 0 saturated heterocycles. The Morgan fingerprint density at radius 2 is 1.85 bits per heavy atom. The second kappa shape index (κ2) is 10.6. The molecule has 33 heavy (non-hydrogen) atoms. The van der Waals surface area contributed by atoms with Crippen LogP contribution >= 0.6 is 45.2 Å². The van der Waals surface area contributed by atoms with Crippen LogP contribution in [0, 0.1) is 13.0 Å². The summed E-state index contributed by atoms with van der Waals surface area (Å²) >= 11 is 4.46. The maximum atomic E-state index is 13.5. The Hall–Kier alpha value is -2.47. The van der Waals surface area contributed by atoms with Crippen LogP contribution in [0.4, 0.5) is 4.39 Å². The lowest BCUT2D eigenvalue weighted by molar-refractivity contribution is -0.129. The van der Waals surface area contributed by atoms with Crippen molar-refractivity contribution in [1.29, 1.82) is 0 Å². The molecule has 0 amide bonds. The summed E-state index contributed by atoms with van der Waals surface area (Å²) in [4.78, 5) is 16.6. The summed E-state index contributed by atoms with van der Waals surface area (Å²) in [5, 5.41) is 0. The molecule has 5 nitrogen and oxygen atoms in total. The number of carbonyl (C=O) groups is 1. The molecule has 0 atom stereocenters. The lowest BCUT2D eigenvalue weighted by atomic mass is 10.1. The van der Waals surface area contributed by atoms with Gasteiger partial charge in [-0.15, -0.1) is 0 Å². The number of cyclic esters (lactones) is 1. The summed E-state index contributed by atoms with van der Waals surface area (Å²) in [6.45, 7) is 2.76. The standard InChI is InChI=1S/C25H18FI2NO4/c1-2-31-22-12-15(10-20(28)23(22)32-14-17-6-3-4-9-19(17)27)11-21-25(30)33-24(29-21)16-7-5-8-18(26)13-16/h3-13H,2,14H2,1H3/b21-11-. The number of ether oxygens (including phenoxy) is 3. The topological polar surface area (TPSA) is 57.1 Å². The molecule has 3 aromatic carbocycles. The van der Waals surface area contributed by atoms with Gasteiger partial charge in [0.05, 0.1) is 10.2 Å². The molecule has 0 spiro atoms. The molecular weight excluding hydrogens is 651 g/mol. The van der Waals surface area contributed by atoms with Crippen LogP contribution in [0.2, 0.25) is 0 Å². The van der Waals surface area contributed by atoms with E-state index in [1.54, 1.807) is 18.2 Å². The Morgan fingerprint density at radius 3 is 2.61 bits per heavy atom. The van der Waals surface area contributed by atoms with Crippen LogP contribution in [0.5, 0.6) is 11.5 Å². The summed E-state index contributed by atoms with van der Waals surface area (Å²) < 4.78 is 32.6. The highest BCUT2D eigenvalue weighted by atomic mass is 127. The van der Waals surface area contributed by atoms with E-state index in [2.05, 4.69) is 50.2 Å². The van der Waals surface area contributed by atoms with Crippen molar-refractivity contribution >= 4 is 63.1 Å². The molecule has 1 aliphatic heterocycles. The fraction of sp³-hybridized carbons (Fsp3) is 0.120. The minimum absolute atomic E-state index is 0.0721. The summed E-state index contributed by atoms with van der Waals surface area (Å²) in [6, 6.07) is 17.4. The van der Waals surface area contributed by atoms with Crippen LogP contribution in [0.1, 0.15) is 23.6 Å². The predicted octanol–water partition coefficient (Wildman–Crippen LogP) is 6.36. The Kier molecular flexibility index (Phi) is 7.63. The van der Waals surface area contributed by atoms with Crippen LogP contribution in [-0.2, 0) is 16.1 Å². The van der Waals surface area contributed by atoms with Crippen LogP contribution in [0.15, 0.2) is 71.4 Å². The number of halogens is 3. The van der Waals surface area contributed by atoms with Gasteiger partial charge in [-0.05, 0) is 100 Å². The Labute approximate surface area is 217 Å². The average Bonchev–Trinajstić information content (AvgIpc) is 3.15. The van der Waals surface area contributed by atoms with Gasteiger partial charge < -0.3 is 14.2 Å². The number of carbonyl (C=O) groups excluding carboxylic acids is 1. The predicted molar refractivity (Wildman–Crippen MR) is 141 cm³/mol. The molecule has 0 aromatic heterocycles. The number of hydrogen-bond acceptors (Lipinski definition) is 5. The number of aliphatic imine (C=N–C) groups is 1. The van der Waals surface area contributed by atoms with Gasteiger partial charge in [0.25, 0.3) is 0 Å². The van der Waals surface area contributed by atoms with Gasteiger partial charge in [0.2, 0.25) is 5.90 Å². The van der Waals surface area contributed by atoms with Crippen molar-refractivity contribution in [1.82, 2.24) is 0 Å². The van der Waals surface area contributed by atoms with Crippen LogP contribution in [0.3, 0.4) is 0 Å². The third kappa shape index (κ3) is 5.72. The van der Waals surface area contributed by atoms with E-state index in [4.69, 9.17) is 14.2 Å². The van der Waals surface area contributed by atoms with E-state index < -0.39 is 11.8 Å². The van der Waals surface area contributed by atoms with Crippen LogP contribution < -0.4 is 9.47 Å². The fourth-order valence-electron chi connectivity index (χ4n) is 3.15. The van der Waals surface area contributed by atoms with Gasteiger partial charge in [0.15, 0.2) is 17.2 Å². The molecule has 0 fully saturated rings. The Balaban J connectivity index is 1.62. The molecular formula is C25H18FI2NO4. The van der Waals surface area contributed by atoms with Gasteiger partial charge in [-0.2, -0.15) is 0 Å². The highest BCUT2D eigenvalue weighted by Gasteiger charge is 2.25. The largest absolute Gasteiger partial charge is 0.490 e. The molecule has 0 N–H and O–H groups in total. The minimum Gasteiger partial charge on any atom is -0.490 e. The molecule has 0 radical (unpaired) electrons. The normalized spacial score (nSPS) is 14.2. The maximum absolute atomic E-state index is 13.5. The van der Waals surface area contributed by atoms with Crippen molar-refractivity contribution < 1.29 is 23.4 Å². The van der Waals surface area contributed by atoms with E-state index in [0.717, 1.165) is 12.7 Å². The van der Waals surface area contributed by atoms with Gasteiger partial charge in [0, 0.05) is 14.7 Å². The first-order chi connectivity index (χ1) is 15.9. The first-order valence-corrected chi connectivity index (χ1v) is 12.2. The van der Waals surface area contributed by atoms with Crippen LogP contribution in [-0.4, -0.2) is 18.5 Å². The lowest BCUT2D eigenvalue weighted by Gasteiger charge is -2.15. The Morgan fingerprint density at radius 1 is 1.03 bits per heavy atom. The molecule has 8 heteroatoms. The van der Waals surface area contributed by atoms with E-state index in [-0.39, 0.29) is 11.6 Å². The molecule has 0 aliphatic carbocycles. The SMILES string of the molecule is CCOc1cc(/C=C2\N=C(c3cccc(F)c3)OC2=O)cc(I)c1OCc1ccccc1I. The smallest absolute Gasteiger partial charge is 0.363 e. The minimum atomic E-state index is -0.596. The first kappa shape index (κ1) is 23.7. The molecule has 0 unspecified atom stereocenters. The number of hydrogen-bond donors (Lipinski definition) is 0. The highest BCUT2D eigenvalue weighted by molar-refractivity contribution is 14.1. The number of rotatable bonds is 7. The van der Waals surface area contributed by atoms with Crippen molar-refractivity contribution in [2.45, 2.75) is 13.5 Å². The zero-order valence-corrected chi connectivity index (χ0v) is 21.8. The number of esters is 1. The summed E-state index contributed by atoms with van der Waals surface area (Å²) in [7, 11) is 0. The second-order valence-corrected chi connectivity index (χ2v) is 9.31. The number of benzene rings is 3. The molecule has 1 aliphatic rings. The zero-order chi connectivity index (χ0) is 23.4. The van der Waals surface area contributed by atoms with E-state index in [1.165, 1.54) is 18.2 Å². The quantitative estimate of drug-likeness (QED) is 0.167. The third-order valence-corrected chi connectivity index (χ3v) is 6.51. The first-order valence-electron chi connectivity index (χ1n) is 10.1. The Bertz CT molecular complexity index is 1270. The van der Waals surface area contributed by atoms with Crippen molar-refractivity contribution in [3.8, 4) is 11.5 Å². The molecule has 168 valence electrons. The van der Waals surface area contributed by atoms with Crippen molar-refractivity contribution in [3.05, 3.63) is 96.0 Å². The van der Waals surface area contributed by atoms with Crippen molar-refractivity contribution in [2.75, 3.05) is 6.61 Å². The highest BCUT2D eigenvalue weighted by Crippen LogP contribution is 2.36. The van der Waals surface area contributed by atoms with Gasteiger partial charge in [-0.1, -0.05) is 24.3 Å². The monoisotopic (exact) mass is 669 g/mol. The lowest BCUT2D eigenvalue weighted by Crippen LogP contribution is -2.05.